The number of carbonyl (C=O) groups is 2. The molecule has 1 aromatic carbocycles. The van der Waals surface area contributed by atoms with Crippen LogP contribution in [0.5, 0.6) is 0 Å². The number of carbonyl (C=O) groups excluding carboxylic acids is 1. The van der Waals surface area contributed by atoms with Gasteiger partial charge in [-0.1, -0.05) is 12.5 Å². The van der Waals surface area contributed by atoms with Gasteiger partial charge in [-0.2, -0.15) is 0 Å². The molecule has 3 N–H and O–H groups in total. The van der Waals surface area contributed by atoms with Gasteiger partial charge in [0.25, 0.3) is 5.69 Å². The number of rotatable bonds is 8. The van der Waals surface area contributed by atoms with Gasteiger partial charge in [-0.25, -0.2) is 4.79 Å². The van der Waals surface area contributed by atoms with E-state index < -0.39 is 16.9 Å². The highest BCUT2D eigenvalue weighted by atomic mass is 16.6. The van der Waals surface area contributed by atoms with Crippen LogP contribution in [0.15, 0.2) is 24.3 Å². The Hall–Kier alpha value is -2.64. The van der Waals surface area contributed by atoms with Crippen molar-refractivity contribution in [1.82, 2.24) is 5.32 Å². The van der Waals surface area contributed by atoms with Crippen molar-refractivity contribution in [3.63, 3.8) is 0 Å². The summed E-state index contributed by atoms with van der Waals surface area (Å²) in [5, 5.41) is 24.1. The molecule has 8 heteroatoms. The third kappa shape index (κ3) is 6.90. The molecule has 0 heterocycles. The lowest BCUT2D eigenvalue weighted by Gasteiger charge is -2.07. The molecule has 0 saturated heterocycles. The van der Waals surface area contributed by atoms with Gasteiger partial charge in [-0.05, 0) is 18.9 Å². The van der Waals surface area contributed by atoms with E-state index in [2.05, 4.69) is 10.6 Å². The van der Waals surface area contributed by atoms with Gasteiger partial charge in [0.1, 0.15) is 0 Å². The van der Waals surface area contributed by atoms with Crippen LogP contribution >= 0.6 is 0 Å². The number of urea groups is 1. The van der Waals surface area contributed by atoms with Gasteiger partial charge in [-0.15, -0.1) is 0 Å². The zero-order chi connectivity index (χ0) is 15.7. The molecule has 0 aliphatic rings. The van der Waals surface area contributed by atoms with Crippen LogP contribution in [-0.4, -0.2) is 28.6 Å². The molecule has 0 spiro atoms. The summed E-state index contributed by atoms with van der Waals surface area (Å²) in [6.45, 7) is 0.417. The van der Waals surface area contributed by atoms with E-state index in [1.807, 2.05) is 0 Å². The number of carboxylic acid groups (broad SMARTS) is 1. The monoisotopic (exact) mass is 295 g/mol. The van der Waals surface area contributed by atoms with Crippen LogP contribution in [0.4, 0.5) is 16.2 Å². The third-order valence-electron chi connectivity index (χ3n) is 2.67. The van der Waals surface area contributed by atoms with E-state index in [0.717, 1.165) is 0 Å². The Bertz CT molecular complexity index is 518. The van der Waals surface area contributed by atoms with E-state index in [1.165, 1.54) is 18.2 Å². The summed E-state index contributed by atoms with van der Waals surface area (Å²) < 4.78 is 0. The molecule has 0 unspecified atom stereocenters. The lowest BCUT2D eigenvalue weighted by atomic mass is 10.2. The molecule has 0 radical (unpaired) electrons. The first-order valence-corrected chi connectivity index (χ1v) is 6.50. The number of nitro benzene ring substituents is 1. The fraction of sp³-hybridized carbons (Fsp3) is 0.385. The van der Waals surface area contributed by atoms with Crippen LogP contribution in [0.3, 0.4) is 0 Å². The zero-order valence-corrected chi connectivity index (χ0v) is 11.4. The summed E-state index contributed by atoms with van der Waals surface area (Å²) in [7, 11) is 0. The Balaban J connectivity index is 2.26. The minimum atomic E-state index is -0.827. The summed E-state index contributed by atoms with van der Waals surface area (Å²) in [6.07, 6.45) is 2.09. The standard InChI is InChI=1S/C13H17N3O5/c17-12(18)7-2-1-3-8-14-13(19)15-10-5-4-6-11(9-10)16(20)21/h4-6,9H,1-3,7-8H2,(H,17,18)(H2,14,15,19). The number of nitro groups is 1. The Morgan fingerprint density at radius 3 is 2.67 bits per heavy atom. The number of amides is 2. The lowest BCUT2D eigenvalue weighted by Crippen LogP contribution is -2.29. The van der Waals surface area contributed by atoms with Crippen LogP contribution in [0, 0.1) is 10.1 Å². The fourth-order valence-corrected chi connectivity index (χ4v) is 1.65. The number of anilines is 1. The van der Waals surface area contributed by atoms with Crippen molar-refractivity contribution in [3.05, 3.63) is 34.4 Å². The summed E-state index contributed by atoms with van der Waals surface area (Å²) in [5.74, 6) is -0.827. The molecule has 0 aliphatic carbocycles. The highest BCUT2D eigenvalue weighted by Gasteiger charge is 2.07. The number of carboxylic acids is 1. The van der Waals surface area contributed by atoms with Gasteiger partial charge < -0.3 is 15.7 Å². The van der Waals surface area contributed by atoms with E-state index in [-0.39, 0.29) is 12.1 Å². The Labute approximate surface area is 121 Å². The van der Waals surface area contributed by atoms with Gasteiger partial charge in [0.2, 0.25) is 0 Å². The first-order chi connectivity index (χ1) is 9.99. The van der Waals surface area contributed by atoms with Crippen molar-refractivity contribution >= 4 is 23.4 Å². The molecule has 21 heavy (non-hydrogen) atoms. The van der Waals surface area contributed by atoms with E-state index in [1.54, 1.807) is 6.07 Å². The van der Waals surface area contributed by atoms with Crippen molar-refractivity contribution in [2.75, 3.05) is 11.9 Å². The van der Waals surface area contributed by atoms with Crippen LogP contribution in [0.25, 0.3) is 0 Å². The predicted octanol–water partition coefficient (Wildman–Crippen LogP) is 2.36. The molecule has 0 aromatic heterocycles. The van der Waals surface area contributed by atoms with E-state index in [0.29, 0.717) is 31.5 Å². The molecule has 0 atom stereocenters. The smallest absolute Gasteiger partial charge is 0.319 e. The molecule has 0 saturated carbocycles. The van der Waals surface area contributed by atoms with Gasteiger partial charge >= 0.3 is 12.0 Å². The van der Waals surface area contributed by atoms with Crippen molar-refractivity contribution in [2.24, 2.45) is 0 Å². The third-order valence-corrected chi connectivity index (χ3v) is 2.67. The SMILES string of the molecule is O=C(O)CCCCCNC(=O)Nc1cccc([N+](=O)[O-])c1. The summed E-state index contributed by atoms with van der Waals surface area (Å²) in [5.41, 5.74) is 0.244. The second-order valence-electron chi connectivity index (χ2n) is 4.39. The maximum absolute atomic E-state index is 11.5. The number of hydrogen-bond acceptors (Lipinski definition) is 4. The topological polar surface area (TPSA) is 122 Å². The van der Waals surface area contributed by atoms with Crippen molar-refractivity contribution in [3.8, 4) is 0 Å². The van der Waals surface area contributed by atoms with Gasteiger partial charge in [-0.3, -0.25) is 14.9 Å². The molecule has 114 valence electrons. The number of hydrogen-bond donors (Lipinski definition) is 3. The fourth-order valence-electron chi connectivity index (χ4n) is 1.65. The summed E-state index contributed by atoms with van der Waals surface area (Å²) in [4.78, 5) is 31.9. The van der Waals surface area contributed by atoms with Crippen molar-refractivity contribution in [1.29, 1.82) is 0 Å². The molecule has 0 aliphatic heterocycles. The highest BCUT2D eigenvalue weighted by Crippen LogP contribution is 2.16. The average molecular weight is 295 g/mol. The maximum Gasteiger partial charge on any atom is 0.319 e. The van der Waals surface area contributed by atoms with Crippen molar-refractivity contribution in [2.45, 2.75) is 25.7 Å². The minimum absolute atomic E-state index is 0.0959. The Morgan fingerprint density at radius 1 is 1.24 bits per heavy atom. The molecule has 1 aromatic rings. The second-order valence-corrected chi connectivity index (χ2v) is 4.39. The van der Waals surface area contributed by atoms with Crippen LogP contribution in [0.1, 0.15) is 25.7 Å². The van der Waals surface area contributed by atoms with Crippen LogP contribution < -0.4 is 10.6 Å². The molecule has 8 nitrogen and oxygen atoms in total. The Morgan fingerprint density at radius 2 is 2.00 bits per heavy atom. The number of unbranched alkanes of at least 4 members (excludes halogenated alkanes) is 2. The van der Waals surface area contributed by atoms with E-state index >= 15 is 0 Å². The number of aliphatic carboxylic acids is 1. The highest BCUT2D eigenvalue weighted by molar-refractivity contribution is 5.89. The zero-order valence-electron chi connectivity index (χ0n) is 11.4. The molecule has 2 amide bonds. The first-order valence-electron chi connectivity index (χ1n) is 6.50. The largest absolute Gasteiger partial charge is 0.481 e. The summed E-state index contributed by atoms with van der Waals surface area (Å²) in [6, 6.07) is 5.20. The van der Waals surface area contributed by atoms with Crippen LogP contribution in [0.2, 0.25) is 0 Å². The number of nitrogens with zero attached hydrogens (tertiary/aromatic N) is 1. The van der Waals surface area contributed by atoms with Crippen molar-refractivity contribution < 1.29 is 19.6 Å². The summed E-state index contributed by atoms with van der Waals surface area (Å²) >= 11 is 0. The minimum Gasteiger partial charge on any atom is -0.481 e. The van der Waals surface area contributed by atoms with Crippen LogP contribution in [-0.2, 0) is 4.79 Å². The normalized spacial score (nSPS) is 9.90. The molecular formula is C13H17N3O5. The number of benzene rings is 1. The molecular weight excluding hydrogens is 278 g/mol. The molecule has 0 bridgehead atoms. The quantitative estimate of drug-likeness (QED) is 0.386. The van der Waals surface area contributed by atoms with Gasteiger partial charge in [0, 0.05) is 30.8 Å². The number of non-ortho nitro benzene ring substituents is 1. The van der Waals surface area contributed by atoms with E-state index in [4.69, 9.17) is 5.11 Å². The lowest BCUT2D eigenvalue weighted by molar-refractivity contribution is -0.384. The second kappa shape index (κ2) is 8.51. The predicted molar refractivity (Wildman–Crippen MR) is 76.2 cm³/mol. The molecule has 1 rings (SSSR count). The number of nitrogens with one attached hydrogen (secondary N) is 2. The maximum atomic E-state index is 11.5. The van der Waals surface area contributed by atoms with E-state index in [9.17, 15) is 19.7 Å². The van der Waals surface area contributed by atoms with Gasteiger partial charge in [0.15, 0.2) is 0 Å². The van der Waals surface area contributed by atoms with Gasteiger partial charge in [0.05, 0.1) is 4.92 Å². The molecule has 0 fully saturated rings. The first kappa shape index (κ1) is 16.4. The Kier molecular flexibility index (Phi) is 6.66. The average Bonchev–Trinajstić information content (AvgIpc) is 2.42.